The van der Waals surface area contributed by atoms with Crippen LogP contribution in [0.3, 0.4) is 0 Å². The Balaban J connectivity index is 2.08. The molecule has 1 unspecified atom stereocenters. The van der Waals surface area contributed by atoms with Crippen LogP contribution < -0.4 is 20.1 Å². The number of rotatable bonds is 8. The maximum Gasteiger partial charge on any atom is 0.338 e. The second kappa shape index (κ2) is 9.63. The van der Waals surface area contributed by atoms with Gasteiger partial charge >= 0.3 is 18.0 Å². The van der Waals surface area contributed by atoms with E-state index in [4.69, 9.17) is 18.9 Å². The number of hydrogen-bond donors (Lipinski definition) is 2. The summed E-state index contributed by atoms with van der Waals surface area (Å²) in [5.74, 6) is -0.0494. The lowest BCUT2D eigenvalue weighted by Crippen LogP contribution is -2.50. The van der Waals surface area contributed by atoms with Crippen molar-refractivity contribution < 1.29 is 33.3 Å². The summed E-state index contributed by atoms with van der Waals surface area (Å²) in [4.78, 5) is 36.1. The predicted molar refractivity (Wildman–Crippen MR) is 99.0 cm³/mol. The predicted octanol–water partition coefficient (Wildman–Crippen LogP) is 1.31. The molecule has 0 radical (unpaired) electrons. The van der Waals surface area contributed by atoms with Gasteiger partial charge in [0.1, 0.15) is 6.61 Å². The van der Waals surface area contributed by atoms with Gasteiger partial charge in [0.15, 0.2) is 11.5 Å². The monoisotopic (exact) mass is 392 g/mol. The van der Waals surface area contributed by atoms with E-state index in [1.807, 2.05) is 0 Å². The van der Waals surface area contributed by atoms with Gasteiger partial charge in [-0.1, -0.05) is 6.07 Å². The minimum Gasteiger partial charge on any atom is -0.493 e. The highest BCUT2D eigenvalue weighted by atomic mass is 16.5. The van der Waals surface area contributed by atoms with Crippen molar-refractivity contribution in [3.63, 3.8) is 0 Å². The Morgan fingerprint density at radius 1 is 1.11 bits per heavy atom. The molecule has 1 heterocycles. The fraction of sp³-hybridized carbons (Fsp3) is 0.421. The Labute approximate surface area is 163 Å². The molecule has 152 valence electrons. The van der Waals surface area contributed by atoms with Crippen molar-refractivity contribution in [1.82, 2.24) is 10.6 Å². The van der Waals surface area contributed by atoms with Crippen LogP contribution in [0, 0.1) is 0 Å². The number of amides is 2. The van der Waals surface area contributed by atoms with Crippen LogP contribution >= 0.6 is 0 Å². The molecule has 0 saturated heterocycles. The molecule has 2 N–H and O–H groups in total. The van der Waals surface area contributed by atoms with Crippen LogP contribution in [0.25, 0.3) is 0 Å². The fourth-order valence-electron chi connectivity index (χ4n) is 2.75. The van der Waals surface area contributed by atoms with Crippen molar-refractivity contribution in [1.29, 1.82) is 0 Å². The molecule has 1 aromatic carbocycles. The van der Waals surface area contributed by atoms with Gasteiger partial charge in [-0.25, -0.2) is 9.59 Å². The first-order valence-corrected chi connectivity index (χ1v) is 8.73. The molecule has 28 heavy (non-hydrogen) atoms. The first kappa shape index (κ1) is 21.1. The molecule has 2 rings (SSSR count). The van der Waals surface area contributed by atoms with Gasteiger partial charge in [0.2, 0.25) is 0 Å². The minimum atomic E-state index is -0.576. The van der Waals surface area contributed by atoms with Crippen molar-refractivity contribution >= 4 is 18.0 Å². The van der Waals surface area contributed by atoms with Gasteiger partial charge in [-0.2, -0.15) is 0 Å². The van der Waals surface area contributed by atoms with E-state index in [2.05, 4.69) is 10.6 Å². The minimum absolute atomic E-state index is 0.00980. The van der Waals surface area contributed by atoms with E-state index in [1.165, 1.54) is 14.2 Å². The highest BCUT2D eigenvalue weighted by molar-refractivity contribution is 5.94. The summed E-state index contributed by atoms with van der Waals surface area (Å²) in [5, 5.41) is 5.08. The average molecular weight is 392 g/mol. The number of carbonyl (C=O) groups excluding carboxylic acids is 3. The van der Waals surface area contributed by atoms with Crippen molar-refractivity contribution in [2.45, 2.75) is 26.3 Å². The summed E-state index contributed by atoms with van der Waals surface area (Å²) in [6.07, 6.45) is -0.00980. The zero-order valence-corrected chi connectivity index (χ0v) is 16.3. The van der Waals surface area contributed by atoms with Crippen LogP contribution in [0.2, 0.25) is 0 Å². The number of benzene rings is 1. The van der Waals surface area contributed by atoms with Gasteiger partial charge in [0, 0.05) is 0 Å². The van der Waals surface area contributed by atoms with Gasteiger partial charge in [-0.05, 0) is 31.5 Å². The fourth-order valence-corrected chi connectivity index (χ4v) is 2.75. The topological polar surface area (TPSA) is 112 Å². The van der Waals surface area contributed by atoms with Crippen molar-refractivity contribution in [2.75, 3.05) is 27.4 Å². The summed E-state index contributed by atoms with van der Waals surface area (Å²) < 4.78 is 20.6. The largest absolute Gasteiger partial charge is 0.493 e. The van der Waals surface area contributed by atoms with E-state index in [9.17, 15) is 14.4 Å². The number of hydrogen-bond acceptors (Lipinski definition) is 7. The molecule has 1 aliphatic heterocycles. The second-order valence-electron chi connectivity index (χ2n) is 5.96. The molecule has 0 fully saturated rings. The molecule has 1 aliphatic rings. The lowest BCUT2D eigenvalue weighted by Gasteiger charge is -2.26. The molecule has 9 nitrogen and oxygen atoms in total. The molecular weight excluding hydrogens is 368 g/mol. The molecule has 0 aromatic heterocycles. The lowest BCUT2D eigenvalue weighted by molar-refractivity contribution is -0.143. The molecule has 0 bridgehead atoms. The molecule has 2 amide bonds. The lowest BCUT2D eigenvalue weighted by atomic mass is 10.0. The quantitative estimate of drug-likeness (QED) is 0.642. The Kier molecular flexibility index (Phi) is 7.25. The molecular formula is C19H24N2O7. The molecule has 9 heteroatoms. The summed E-state index contributed by atoms with van der Waals surface area (Å²) in [7, 11) is 3.03. The van der Waals surface area contributed by atoms with Crippen molar-refractivity contribution in [3.8, 4) is 11.5 Å². The average Bonchev–Trinajstić information content (AvgIpc) is 2.65. The van der Waals surface area contributed by atoms with Crippen LogP contribution in [0.1, 0.15) is 19.4 Å². The van der Waals surface area contributed by atoms with E-state index < -0.39 is 24.0 Å². The summed E-state index contributed by atoms with van der Waals surface area (Å²) in [5.41, 5.74) is 1.10. The Morgan fingerprint density at radius 2 is 1.82 bits per heavy atom. The molecule has 0 saturated carbocycles. The SMILES string of the molecule is CCOC(=O)C1=C(COC(=O)Cc2ccc(OC)c(OC)c2)NC(=O)NC1C. The standard InChI is InChI=1S/C19H24N2O7/c1-5-27-18(23)17-11(2)20-19(24)21-13(17)10-28-16(22)9-12-6-7-14(25-3)15(8-12)26-4/h6-8,11H,5,9-10H2,1-4H3,(H2,20,21,24). The first-order chi connectivity index (χ1) is 13.4. The third-order valence-corrected chi connectivity index (χ3v) is 4.04. The third-order valence-electron chi connectivity index (χ3n) is 4.04. The van der Waals surface area contributed by atoms with Crippen molar-refractivity contribution in [3.05, 3.63) is 35.0 Å². The number of nitrogens with one attached hydrogen (secondary N) is 2. The molecule has 1 atom stereocenters. The molecule has 0 aliphatic carbocycles. The Bertz CT molecular complexity index is 788. The Morgan fingerprint density at radius 3 is 2.46 bits per heavy atom. The zero-order chi connectivity index (χ0) is 20.7. The van der Waals surface area contributed by atoms with Gasteiger partial charge < -0.3 is 29.6 Å². The van der Waals surface area contributed by atoms with Gasteiger partial charge in [-0.3, -0.25) is 4.79 Å². The van der Waals surface area contributed by atoms with Crippen molar-refractivity contribution in [2.24, 2.45) is 0 Å². The van der Waals surface area contributed by atoms with Crippen LogP contribution in [0.4, 0.5) is 4.79 Å². The highest BCUT2D eigenvalue weighted by Gasteiger charge is 2.30. The van der Waals surface area contributed by atoms with E-state index in [-0.39, 0.29) is 30.9 Å². The van der Waals surface area contributed by atoms with Crippen LogP contribution in [-0.4, -0.2) is 51.4 Å². The Hall–Kier alpha value is -3.23. The number of carbonyl (C=O) groups is 3. The van der Waals surface area contributed by atoms with E-state index in [0.29, 0.717) is 17.1 Å². The van der Waals surface area contributed by atoms with Crippen LogP contribution in [0.5, 0.6) is 11.5 Å². The summed E-state index contributed by atoms with van der Waals surface area (Å²) in [6, 6.07) is 4.05. The van der Waals surface area contributed by atoms with Crippen LogP contribution in [0.15, 0.2) is 29.5 Å². The van der Waals surface area contributed by atoms with Crippen LogP contribution in [-0.2, 0) is 25.5 Å². The smallest absolute Gasteiger partial charge is 0.338 e. The first-order valence-electron chi connectivity index (χ1n) is 8.73. The van der Waals surface area contributed by atoms with Gasteiger partial charge in [0.05, 0.1) is 44.6 Å². The van der Waals surface area contributed by atoms with Gasteiger partial charge in [-0.15, -0.1) is 0 Å². The highest BCUT2D eigenvalue weighted by Crippen LogP contribution is 2.27. The maximum atomic E-state index is 12.2. The maximum absolute atomic E-state index is 12.2. The zero-order valence-electron chi connectivity index (χ0n) is 16.3. The number of ether oxygens (including phenoxy) is 4. The third kappa shape index (κ3) is 5.15. The van der Waals surface area contributed by atoms with Gasteiger partial charge in [0.25, 0.3) is 0 Å². The number of methoxy groups -OCH3 is 2. The van der Waals surface area contributed by atoms with E-state index in [1.54, 1.807) is 32.0 Å². The molecule has 1 aromatic rings. The molecule has 0 spiro atoms. The number of urea groups is 1. The second-order valence-corrected chi connectivity index (χ2v) is 5.96. The summed E-state index contributed by atoms with van der Waals surface area (Å²) in [6.45, 7) is 3.27. The van der Waals surface area contributed by atoms with E-state index >= 15 is 0 Å². The normalized spacial score (nSPS) is 16.0. The summed E-state index contributed by atoms with van der Waals surface area (Å²) >= 11 is 0. The number of esters is 2. The van der Waals surface area contributed by atoms with E-state index in [0.717, 1.165) is 0 Å².